The molecule has 0 amide bonds. The number of aryl methyl sites for hydroxylation is 2. The monoisotopic (exact) mass is 519 g/mol. The van der Waals surface area contributed by atoms with Crippen LogP contribution in [-0.2, 0) is 12.8 Å². The maximum atomic E-state index is 11.8. The van der Waals surface area contributed by atoms with Crippen molar-refractivity contribution in [1.29, 1.82) is 0 Å². The van der Waals surface area contributed by atoms with Gasteiger partial charge in [0, 0.05) is 27.3 Å². The number of hydrogen-bond donors (Lipinski definition) is 1. The zero-order valence-electron chi connectivity index (χ0n) is 16.6. The number of carboxylic acid groups (broad SMARTS) is 1. The fraction of sp³-hybridized carbons (Fsp3) is 0.261. The summed E-state index contributed by atoms with van der Waals surface area (Å²) in [5.74, 6) is -0.467. The highest BCUT2D eigenvalue weighted by Gasteiger charge is 2.29. The van der Waals surface area contributed by atoms with Crippen LogP contribution in [0.25, 0.3) is 0 Å². The Morgan fingerprint density at radius 3 is 2.52 bits per heavy atom. The van der Waals surface area contributed by atoms with Crippen molar-refractivity contribution in [2.45, 2.75) is 31.7 Å². The van der Waals surface area contributed by atoms with Gasteiger partial charge in [-0.15, -0.1) is 0 Å². The first-order chi connectivity index (χ1) is 14.9. The van der Waals surface area contributed by atoms with Crippen LogP contribution >= 0.6 is 39.1 Å². The molecule has 1 saturated heterocycles. The number of aromatic nitrogens is 2. The van der Waals surface area contributed by atoms with Gasteiger partial charge in [-0.05, 0) is 67.1 Å². The lowest BCUT2D eigenvalue weighted by Crippen LogP contribution is -2.25. The molecule has 1 aliphatic rings. The summed E-state index contributed by atoms with van der Waals surface area (Å²) in [5.41, 5.74) is 2.76. The largest absolute Gasteiger partial charge is 0.478 e. The van der Waals surface area contributed by atoms with E-state index in [1.54, 1.807) is 6.07 Å². The van der Waals surface area contributed by atoms with Gasteiger partial charge >= 0.3 is 5.97 Å². The zero-order valence-corrected chi connectivity index (χ0v) is 19.7. The fourth-order valence-corrected chi connectivity index (χ4v) is 4.81. The third-order valence-corrected chi connectivity index (χ3v) is 6.39. The number of nitrogens with zero attached hydrogens (tertiary/aromatic N) is 3. The highest BCUT2D eigenvalue weighted by atomic mass is 79.9. The summed E-state index contributed by atoms with van der Waals surface area (Å²) in [6.45, 7) is 0.830. The van der Waals surface area contributed by atoms with Crippen LogP contribution in [0.5, 0.6) is 0 Å². The number of anilines is 1. The molecule has 4 rings (SSSR count). The highest BCUT2D eigenvalue weighted by Crippen LogP contribution is 2.35. The summed E-state index contributed by atoms with van der Waals surface area (Å²) in [4.78, 5) is 23.0. The molecule has 5 nitrogen and oxygen atoms in total. The number of benzene rings is 2. The van der Waals surface area contributed by atoms with E-state index in [9.17, 15) is 9.90 Å². The number of carbonyl (C=O) groups is 1. The Balaban J connectivity index is 1.61. The molecule has 31 heavy (non-hydrogen) atoms. The molecular weight excluding hydrogens is 501 g/mol. The Morgan fingerprint density at radius 1 is 1.13 bits per heavy atom. The molecule has 0 bridgehead atoms. The predicted octanol–water partition coefficient (Wildman–Crippen LogP) is 6.37. The number of hydrogen-bond acceptors (Lipinski definition) is 4. The maximum Gasteiger partial charge on any atom is 0.339 e. The summed E-state index contributed by atoms with van der Waals surface area (Å²) in [5, 5.41) is 10.7. The molecule has 1 aliphatic heterocycles. The van der Waals surface area contributed by atoms with Gasteiger partial charge in [-0.1, -0.05) is 51.3 Å². The van der Waals surface area contributed by atoms with E-state index in [4.69, 9.17) is 23.2 Å². The molecule has 0 saturated carbocycles. The van der Waals surface area contributed by atoms with Crippen LogP contribution in [0.1, 0.15) is 46.1 Å². The van der Waals surface area contributed by atoms with Gasteiger partial charge in [0.1, 0.15) is 0 Å². The average Bonchev–Trinajstić information content (AvgIpc) is 3.21. The second-order valence-corrected chi connectivity index (χ2v) is 9.30. The van der Waals surface area contributed by atoms with Crippen LogP contribution in [0, 0.1) is 0 Å². The van der Waals surface area contributed by atoms with Crippen molar-refractivity contribution in [2.75, 3.05) is 11.4 Å². The molecule has 8 heteroatoms. The molecule has 1 N–H and O–H groups in total. The van der Waals surface area contributed by atoms with Crippen LogP contribution in [0.4, 0.5) is 5.95 Å². The summed E-state index contributed by atoms with van der Waals surface area (Å²) in [6, 6.07) is 13.8. The molecule has 0 aliphatic carbocycles. The van der Waals surface area contributed by atoms with Crippen molar-refractivity contribution in [1.82, 2.24) is 9.97 Å². The molecular formula is C23H20BrCl2N3O2. The lowest BCUT2D eigenvalue weighted by molar-refractivity contribution is 0.0694. The number of carboxylic acids is 1. The molecule has 3 aromatic rings. The Bertz CT molecular complexity index is 1090. The van der Waals surface area contributed by atoms with Gasteiger partial charge in [-0.2, -0.15) is 0 Å². The topological polar surface area (TPSA) is 66.3 Å². The first kappa shape index (κ1) is 22.1. The van der Waals surface area contributed by atoms with Crippen molar-refractivity contribution in [3.63, 3.8) is 0 Å². The lowest BCUT2D eigenvalue weighted by atomic mass is 10.0. The van der Waals surface area contributed by atoms with Crippen molar-refractivity contribution in [3.8, 4) is 0 Å². The Kier molecular flexibility index (Phi) is 6.80. The summed E-state index contributed by atoms with van der Waals surface area (Å²) in [6.07, 6.45) is 4.48. The van der Waals surface area contributed by atoms with E-state index in [1.165, 1.54) is 11.8 Å². The number of halogens is 3. The Morgan fingerprint density at radius 2 is 1.84 bits per heavy atom. The number of aromatic carboxylic acids is 1. The first-order valence-corrected chi connectivity index (χ1v) is 11.5. The SMILES string of the molecule is O=C(O)c1cnc(N2CCC[C@@H]2c2ccc(Br)cc2)nc1CCc1cc(Cl)cc(Cl)c1. The van der Waals surface area contributed by atoms with Gasteiger partial charge in [0.05, 0.1) is 17.3 Å². The molecule has 0 radical (unpaired) electrons. The van der Waals surface area contributed by atoms with E-state index >= 15 is 0 Å². The van der Waals surface area contributed by atoms with E-state index in [-0.39, 0.29) is 11.6 Å². The van der Waals surface area contributed by atoms with E-state index in [1.807, 2.05) is 24.3 Å². The molecule has 0 unspecified atom stereocenters. The standard InChI is InChI=1S/C23H20BrCl2N3O2/c24-16-6-4-15(5-7-16)21-2-1-9-29(21)23-27-13-19(22(30)31)20(28-23)8-3-14-10-17(25)12-18(26)11-14/h4-7,10-13,21H,1-3,8-9H2,(H,30,31)/t21-/m1/s1. The van der Waals surface area contributed by atoms with Gasteiger partial charge in [0.15, 0.2) is 0 Å². The quantitative estimate of drug-likeness (QED) is 0.409. The fourth-order valence-electron chi connectivity index (χ4n) is 3.97. The minimum atomic E-state index is -1.03. The van der Waals surface area contributed by atoms with E-state index in [0.717, 1.165) is 29.4 Å². The van der Waals surface area contributed by atoms with Crippen molar-refractivity contribution >= 4 is 51.0 Å². The molecule has 1 atom stereocenters. The molecule has 2 heterocycles. The molecule has 1 aromatic heterocycles. The third kappa shape index (κ3) is 5.20. The highest BCUT2D eigenvalue weighted by molar-refractivity contribution is 9.10. The summed E-state index contributed by atoms with van der Waals surface area (Å²) < 4.78 is 1.03. The predicted molar refractivity (Wildman–Crippen MR) is 126 cm³/mol. The van der Waals surface area contributed by atoms with Gasteiger partial charge < -0.3 is 10.0 Å². The maximum absolute atomic E-state index is 11.8. The lowest BCUT2D eigenvalue weighted by Gasteiger charge is -2.25. The second kappa shape index (κ2) is 9.55. The summed E-state index contributed by atoms with van der Waals surface area (Å²) >= 11 is 15.7. The minimum absolute atomic E-state index is 0.122. The Hall–Kier alpha value is -2.15. The normalized spacial score (nSPS) is 16.0. The molecule has 0 spiro atoms. The van der Waals surface area contributed by atoms with Crippen LogP contribution in [0.2, 0.25) is 10.0 Å². The van der Waals surface area contributed by atoms with Crippen molar-refractivity contribution in [2.24, 2.45) is 0 Å². The van der Waals surface area contributed by atoms with Crippen LogP contribution < -0.4 is 4.90 Å². The first-order valence-electron chi connectivity index (χ1n) is 9.97. The van der Waals surface area contributed by atoms with E-state index < -0.39 is 5.97 Å². The third-order valence-electron chi connectivity index (χ3n) is 5.42. The van der Waals surface area contributed by atoms with Crippen LogP contribution in [-0.4, -0.2) is 27.6 Å². The second-order valence-electron chi connectivity index (χ2n) is 7.52. The van der Waals surface area contributed by atoms with Crippen molar-refractivity contribution < 1.29 is 9.90 Å². The van der Waals surface area contributed by atoms with Crippen LogP contribution in [0.15, 0.2) is 53.1 Å². The van der Waals surface area contributed by atoms with E-state index in [0.29, 0.717) is 34.5 Å². The zero-order chi connectivity index (χ0) is 22.0. The van der Waals surface area contributed by atoms with Gasteiger partial charge in [-0.25, -0.2) is 14.8 Å². The van der Waals surface area contributed by atoms with Gasteiger partial charge in [0.2, 0.25) is 5.95 Å². The van der Waals surface area contributed by atoms with Gasteiger partial charge in [0.25, 0.3) is 0 Å². The smallest absolute Gasteiger partial charge is 0.339 e. The van der Waals surface area contributed by atoms with E-state index in [2.05, 4.69) is 42.9 Å². The number of rotatable bonds is 6. The van der Waals surface area contributed by atoms with Crippen molar-refractivity contribution in [3.05, 3.63) is 85.6 Å². The molecule has 160 valence electrons. The minimum Gasteiger partial charge on any atom is -0.478 e. The summed E-state index contributed by atoms with van der Waals surface area (Å²) in [7, 11) is 0. The molecule has 1 fully saturated rings. The Labute approximate surface area is 199 Å². The van der Waals surface area contributed by atoms with Gasteiger partial charge in [-0.3, -0.25) is 0 Å². The average molecular weight is 521 g/mol. The molecule has 2 aromatic carbocycles. The van der Waals surface area contributed by atoms with Crippen LogP contribution in [0.3, 0.4) is 0 Å².